The fourth-order valence-corrected chi connectivity index (χ4v) is 1.26. The lowest BCUT2D eigenvalue weighted by Gasteiger charge is -2.29. The molecule has 0 bridgehead atoms. The Labute approximate surface area is 73.1 Å². The molecule has 12 heavy (non-hydrogen) atoms. The Morgan fingerprint density at radius 1 is 1.50 bits per heavy atom. The molecule has 0 radical (unpaired) electrons. The van der Waals surface area contributed by atoms with Crippen LogP contribution in [0.25, 0.3) is 0 Å². The second kappa shape index (κ2) is 3.33. The van der Waals surface area contributed by atoms with E-state index in [2.05, 4.69) is 4.90 Å². The zero-order valence-electron chi connectivity index (χ0n) is 7.65. The maximum Gasteiger partial charge on any atom is 0.488 e. The van der Waals surface area contributed by atoms with Crippen molar-refractivity contribution in [2.45, 2.75) is 19.9 Å². The molecule has 1 unspecified atom stereocenters. The van der Waals surface area contributed by atoms with E-state index in [9.17, 15) is 0 Å². The van der Waals surface area contributed by atoms with Gasteiger partial charge in [-0.05, 0) is 25.4 Å². The summed E-state index contributed by atoms with van der Waals surface area (Å²) in [5, 5.41) is 17.8. The van der Waals surface area contributed by atoms with Crippen molar-refractivity contribution < 1.29 is 10.0 Å². The lowest BCUT2D eigenvalue weighted by atomic mass is 9.76. The van der Waals surface area contributed by atoms with Crippen LogP contribution >= 0.6 is 0 Å². The predicted molar refractivity (Wildman–Crippen MR) is 49.3 cm³/mol. The Morgan fingerprint density at radius 2 is 2.08 bits per heavy atom. The van der Waals surface area contributed by atoms with Crippen LogP contribution in [0.1, 0.15) is 13.8 Å². The summed E-state index contributed by atoms with van der Waals surface area (Å²) < 4.78 is 0. The summed E-state index contributed by atoms with van der Waals surface area (Å²) in [5.41, 5.74) is 1.63. The van der Waals surface area contributed by atoms with E-state index >= 15 is 0 Å². The molecule has 0 aliphatic carbocycles. The van der Waals surface area contributed by atoms with Gasteiger partial charge >= 0.3 is 7.12 Å². The van der Waals surface area contributed by atoms with E-state index in [1.54, 1.807) is 6.08 Å². The van der Waals surface area contributed by atoms with Gasteiger partial charge in [-0.2, -0.15) is 0 Å². The van der Waals surface area contributed by atoms with Gasteiger partial charge in [0.25, 0.3) is 0 Å². The van der Waals surface area contributed by atoms with Crippen molar-refractivity contribution in [2.24, 2.45) is 0 Å². The maximum atomic E-state index is 8.92. The molecule has 1 atom stereocenters. The van der Waals surface area contributed by atoms with Crippen LogP contribution in [0, 0.1) is 0 Å². The summed E-state index contributed by atoms with van der Waals surface area (Å²) in [6.07, 6.45) is 3.63. The Kier molecular flexibility index (Phi) is 2.60. The fraction of sp³-hybridized carbons (Fsp3) is 0.500. The topological polar surface area (TPSA) is 43.7 Å². The van der Waals surface area contributed by atoms with Gasteiger partial charge in [0.15, 0.2) is 0 Å². The van der Waals surface area contributed by atoms with E-state index in [1.807, 2.05) is 27.0 Å². The highest BCUT2D eigenvalue weighted by Crippen LogP contribution is 2.18. The largest absolute Gasteiger partial charge is 0.488 e. The SMILES string of the molecule is CC1=CC(B(O)O)=CC(C)N1C. The van der Waals surface area contributed by atoms with Crippen molar-refractivity contribution in [2.75, 3.05) is 7.05 Å². The molecule has 0 aromatic heterocycles. The smallest absolute Gasteiger partial charge is 0.423 e. The summed E-state index contributed by atoms with van der Waals surface area (Å²) in [7, 11) is 0.629. The van der Waals surface area contributed by atoms with Crippen molar-refractivity contribution in [3.63, 3.8) is 0 Å². The molecule has 66 valence electrons. The summed E-state index contributed by atoms with van der Waals surface area (Å²) in [6.45, 7) is 3.96. The second-order valence-corrected chi connectivity index (χ2v) is 3.18. The van der Waals surface area contributed by atoms with Crippen LogP contribution in [0.5, 0.6) is 0 Å². The number of nitrogens with zero attached hydrogens (tertiary/aromatic N) is 1. The molecular formula is C8H14BNO2. The lowest BCUT2D eigenvalue weighted by molar-refractivity contribution is 0.363. The van der Waals surface area contributed by atoms with Gasteiger partial charge in [-0.1, -0.05) is 6.08 Å². The minimum atomic E-state index is -1.35. The number of hydrogen-bond donors (Lipinski definition) is 2. The lowest BCUT2D eigenvalue weighted by Crippen LogP contribution is -2.31. The van der Waals surface area contributed by atoms with E-state index in [0.717, 1.165) is 5.70 Å². The number of likely N-dealkylation sites (N-methyl/N-ethyl adjacent to an activating group) is 1. The van der Waals surface area contributed by atoms with E-state index in [-0.39, 0.29) is 6.04 Å². The van der Waals surface area contributed by atoms with Gasteiger partial charge in [-0.25, -0.2) is 0 Å². The van der Waals surface area contributed by atoms with Crippen molar-refractivity contribution in [3.05, 3.63) is 23.3 Å². The monoisotopic (exact) mass is 167 g/mol. The third-order valence-electron chi connectivity index (χ3n) is 2.27. The minimum Gasteiger partial charge on any atom is -0.423 e. The highest BCUT2D eigenvalue weighted by Gasteiger charge is 2.20. The quantitative estimate of drug-likeness (QED) is 0.547. The van der Waals surface area contributed by atoms with Crippen molar-refractivity contribution >= 4 is 7.12 Å². The standard InChI is InChI=1S/C8H14BNO2/c1-6-4-8(9(11)12)5-7(2)10(6)3/h4-6,11-12H,1-3H3. The Balaban J connectivity index is 2.87. The third kappa shape index (κ3) is 1.71. The van der Waals surface area contributed by atoms with Crippen molar-refractivity contribution in [1.82, 2.24) is 4.90 Å². The fourth-order valence-electron chi connectivity index (χ4n) is 1.26. The third-order valence-corrected chi connectivity index (χ3v) is 2.27. The Morgan fingerprint density at radius 3 is 2.50 bits per heavy atom. The molecule has 0 fully saturated rings. The average Bonchev–Trinajstić information content (AvgIpc) is 1.99. The van der Waals surface area contributed by atoms with E-state index in [0.29, 0.717) is 5.47 Å². The van der Waals surface area contributed by atoms with Crippen molar-refractivity contribution in [1.29, 1.82) is 0 Å². The average molecular weight is 167 g/mol. The molecule has 1 heterocycles. The van der Waals surface area contributed by atoms with Gasteiger partial charge in [-0.15, -0.1) is 0 Å². The highest BCUT2D eigenvalue weighted by molar-refractivity contribution is 6.51. The van der Waals surface area contributed by atoms with Gasteiger partial charge in [0, 0.05) is 18.8 Å². The normalized spacial score (nSPS) is 23.4. The van der Waals surface area contributed by atoms with Crippen LogP contribution in [0.3, 0.4) is 0 Å². The summed E-state index contributed by atoms with van der Waals surface area (Å²) >= 11 is 0. The van der Waals surface area contributed by atoms with E-state index in [4.69, 9.17) is 10.0 Å². The first-order valence-electron chi connectivity index (χ1n) is 4.01. The molecule has 4 heteroatoms. The first-order valence-corrected chi connectivity index (χ1v) is 4.01. The van der Waals surface area contributed by atoms with Crippen LogP contribution in [0.2, 0.25) is 0 Å². The van der Waals surface area contributed by atoms with Crippen LogP contribution < -0.4 is 0 Å². The number of rotatable bonds is 1. The predicted octanol–water partition coefficient (Wildman–Crippen LogP) is 0.162. The van der Waals surface area contributed by atoms with Gasteiger partial charge < -0.3 is 14.9 Å². The molecule has 0 saturated heterocycles. The molecule has 2 N–H and O–H groups in total. The van der Waals surface area contributed by atoms with Crippen LogP contribution in [-0.4, -0.2) is 35.2 Å². The molecule has 0 aromatic carbocycles. The minimum absolute atomic E-state index is 0.229. The van der Waals surface area contributed by atoms with Gasteiger partial charge in [0.2, 0.25) is 0 Å². The number of allylic oxidation sites excluding steroid dienone is 3. The van der Waals surface area contributed by atoms with Gasteiger partial charge in [0.1, 0.15) is 0 Å². The van der Waals surface area contributed by atoms with E-state index in [1.165, 1.54) is 0 Å². The second-order valence-electron chi connectivity index (χ2n) is 3.18. The first-order chi connectivity index (χ1) is 5.52. The zero-order chi connectivity index (χ0) is 9.30. The summed E-state index contributed by atoms with van der Waals surface area (Å²) in [6, 6.07) is 0.229. The Hall–Kier alpha value is -0.735. The molecular weight excluding hydrogens is 153 g/mol. The molecule has 1 rings (SSSR count). The van der Waals surface area contributed by atoms with Crippen LogP contribution in [0.4, 0.5) is 0 Å². The molecule has 1 aliphatic rings. The summed E-state index contributed by atoms with van der Waals surface area (Å²) in [4.78, 5) is 2.08. The van der Waals surface area contributed by atoms with Gasteiger partial charge in [-0.3, -0.25) is 0 Å². The van der Waals surface area contributed by atoms with Gasteiger partial charge in [0.05, 0.1) is 0 Å². The molecule has 0 spiro atoms. The first kappa shape index (κ1) is 9.35. The molecule has 0 saturated carbocycles. The highest BCUT2D eigenvalue weighted by atomic mass is 16.4. The van der Waals surface area contributed by atoms with Crippen LogP contribution in [-0.2, 0) is 0 Å². The summed E-state index contributed by atoms with van der Waals surface area (Å²) in [5.74, 6) is 0. The molecule has 3 nitrogen and oxygen atoms in total. The Bertz CT molecular complexity index is 235. The van der Waals surface area contributed by atoms with Crippen molar-refractivity contribution in [3.8, 4) is 0 Å². The number of hydrogen-bond acceptors (Lipinski definition) is 3. The molecule has 0 aromatic rings. The van der Waals surface area contributed by atoms with Crippen LogP contribution in [0.15, 0.2) is 23.3 Å². The zero-order valence-corrected chi connectivity index (χ0v) is 7.65. The molecule has 1 aliphatic heterocycles. The maximum absolute atomic E-state index is 8.92. The molecule has 0 amide bonds. The van der Waals surface area contributed by atoms with E-state index < -0.39 is 7.12 Å².